The lowest BCUT2D eigenvalue weighted by Gasteiger charge is -2.18. The van der Waals surface area contributed by atoms with Crippen LogP contribution >= 0.6 is 0 Å². The molecule has 0 aromatic heterocycles. The van der Waals surface area contributed by atoms with Crippen molar-refractivity contribution in [3.05, 3.63) is 122 Å². The number of ether oxygens (including phenoxy) is 3. The topological polar surface area (TPSA) is 78.9 Å². The van der Waals surface area contributed by atoms with Crippen molar-refractivity contribution in [3.8, 4) is 0 Å². The second-order valence-electron chi connectivity index (χ2n) is 18.2. The van der Waals surface area contributed by atoms with Gasteiger partial charge in [0.25, 0.3) is 0 Å². The van der Waals surface area contributed by atoms with Gasteiger partial charge in [0, 0.05) is 19.3 Å². The molecule has 6 heteroatoms. The average Bonchev–Trinajstić information content (AvgIpc) is 3.35. The summed E-state index contributed by atoms with van der Waals surface area (Å²) in [7, 11) is 0. The molecule has 0 fully saturated rings. The molecular formula is C63H102O6. The minimum atomic E-state index is -0.806. The fourth-order valence-electron chi connectivity index (χ4n) is 7.36. The van der Waals surface area contributed by atoms with Crippen LogP contribution in [0.2, 0.25) is 0 Å². The van der Waals surface area contributed by atoms with E-state index in [0.717, 1.165) is 135 Å². The number of hydrogen-bond donors (Lipinski definition) is 0. The Morgan fingerprint density at radius 1 is 0.319 bits per heavy atom. The molecule has 0 aromatic carbocycles. The molecule has 0 saturated carbocycles. The van der Waals surface area contributed by atoms with Gasteiger partial charge in [-0.2, -0.15) is 0 Å². The summed E-state index contributed by atoms with van der Waals surface area (Å²) < 4.78 is 16.8. The summed E-state index contributed by atoms with van der Waals surface area (Å²) in [6.07, 6.45) is 77.5. The number of esters is 3. The first-order valence-electron chi connectivity index (χ1n) is 28.1. The van der Waals surface area contributed by atoms with Gasteiger partial charge in [0.2, 0.25) is 0 Å². The van der Waals surface area contributed by atoms with Crippen molar-refractivity contribution < 1.29 is 28.6 Å². The van der Waals surface area contributed by atoms with Gasteiger partial charge in [0.05, 0.1) is 0 Å². The van der Waals surface area contributed by atoms with Gasteiger partial charge in [-0.15, -0.1) is 0 Å². The number of carbonyl (C=O) groups is 3. The molecule has 1 atom stereocenters. The van der Waals surface area contributed by atoms with Crippen molar-refractivity contribution in [1.29, 1.82) is 0 Å². The van der Waals surface area contributed by atoms with Gasteiger partial charge in [-0.3, -0.25) is 14.4 Å². The molecule has 0 saturated heterocycles. The molecule has 0 spiro atoms. The first-order chi connectivity index (χ1) is 34.0. The van der Waals surface area contributed by atoms with E-state index >= 15 is 0 Å². The smallest absolute Gasteiger partial charge is 0.306 e. The quantitative estimate of drug-likeness (QED) is 0.0199. The van der Waals surface area contributed by atoms with Crippen LogP contribution in [0.1, 0.15) is 239 Å². The van der Waals surface area contributed by atoms with Crippen LogP contribution in [-0.2, 0) is 28.6 Å². The second-order valence-corrected chi connectivity index (χ2v) is 18.2. The largest absolute Gasteiger partial charge is 0.462 e. The standard InChI is InChI=1S/C63H102O6/c1-4-7-10-13-16-19-22-25-28-30-32-34-35-38-41-44-47-50-53-56-62(65)68-59-60(58-67-61(64)55-52-49-46-43-40-37-27-24-21-18-15-12-9-6-3)69-63(66)57-54-51-48-45-42-39-36-33-31-29-26-23-20-17-14-11-8-5-2/h7,9-10,12,16-21,23,25-29,31,33,36-37,60H,4-6,8,11,13-15,22,24,30,32,34-35,38-59H2,1-3H3/b10-7-,12-9-,19-16-,20-17-,21-18-,26-23-,28-25-,31-29-,36-33-,37-27-. The Hall–Kier alpha value is -4.19. The van der Waals surface area contributed by atoms with Crippen LogP contribution in [0, 0.1) is 0 Å². The van der Waals surface area contributed by atoms with E-state index in [1.807, 2.05) is 0 Å². The van der Waals surface area contributed by atoms with E-state index in [1.54, 1.807) is 0 Å². The molecule has 0 aliphatic rings. The number of unbranched alkanes of at least 4 members (excludes halogenated alkanes) is 21. The van der Waals surface area contributed by atoms with E-state index in [4.69, 9.17) is 14.2 Å². The van der Waals surface area contributed by atoms with E-state index < -0.39 is 6.10 Å². The van der Waals surface area contributed by atoms with Crippen LogP contribution in [0.4, 0.5) is 0 Å². The Bertz CT molecular complexity index is 1470. The van der Waals surface area contributed by atoms with E-state index in [0.29, 0.717) is 19.3 Å². The van der Waals surface area contributed by atoms with Crippen molar-refractivity contribution >= 4 is 17.9 Å². The van der Waals surface area contributed by atoms with Crippen molar-refractivity contribution in [1.82, 2.24) is 0 Å². The first-order valence-corrected chi connectivity index (χ1v) is 28.1. The fourth-order valence-corrected chi connectivity index (χ4v) is 7.36. The zero-order valence-electron chi connectivity index (χ0n) is 44.5. The summed E-state index contributed by atoms with van der Waals surface area (Å²) in [5, 5.41) is 0. The van der Waals surface area contributed by atoms with Gasteiger partial charge in [0.1, 0.15) is 13.2 Å². The molecule has 69 heavy (non-hydrogen) atoms. The van der Waals surface area contributed by atoms with Gasteiger partial charge < -0.3 is 14.2 Å². The lowest BCUT2D eigenvalue weighted by atomic mass is 10.1. The van der Waals surface area contributed by atoms with E-state index in [9.17, 15) is 14.4 Å². The maximum atomic E-state index is 12.9. The van der Waals surface area contributed by atoms with Gasteiger partial charge >= 0.3 is 17.9 Å². The highest BCUT2D eigenvalue weighted by Gasteiger charge is 2.19. The maximum absolute atomic E-state index is 12.9. The Morgan fingerprint density at radius 3 is 1.01 bits per heavy atom. The summed E-state index contributed by atoms with van der Waals surface area (Å²) >= 11 is 0. The molecule has 0 amide bonds. The number of carbonyl (C=O) groups excluding carboxylic acids is 3. The summed E-state index contributed by atoms with van der Waals surface area (Å²) in [5.41, 5.74) is 0. The minimum absolute atomic E-state index is 0.101. The molecular weight excluding hydrogens is 853 g/mol. The van der Waals surface area contributed by atoms with Gasteiger partial charge in [-0.1, -0.05) is 232 Å². The normalized spacial score (nSPS) is 13.0. The van der Waals surface area contributed by atoms with E-state index in [-0.39, 0.29) is 31.1 Å². The van der Waals surface area contributed by atoms with Crippen LogP contribution < -0.4 is 0 Å². The van der Waals surface area contributed by atoms with Crippen LogP contribution in [0.25, 0.3) is 0 Å². The molecule has 0 aromatic rings. The van der Waals surface area contributed by atoms with Crippen LogP contribution in [-0.4, -0.2) is 37.2 Å². The molecule has 0 bridgehead atoms. The first kappa shape index (κ1) is 64.8. The molecule has 390 valence electrons. The van der Waals surface area contributed by atoms with Crippen molar-refractivity contribution in [3.63, 3.8) is 0 Å². The predicted molar refractivity (Wildman–Crippen MR) is 297 cm³/mol. The summed E-state index contributed by atoms with van der Waals surface area (Å²) in [6, 6.07) is 0. The van der Waals surface area contributed by atoms with Crippen LogP contribution in [0.3, 0.4) is 0 Å². The third-order valence-electron chi connectivity index (χ3n) is 11.5. The lowest BCUT2D eigenvalue weighted by molar-refractivity contribution is -0.167. The van der Waals surface area contributed by atoms with Gasteiger partial charge in [-0.05, 0) is 109 Å². The Balaban J connectivity index is 4.48. The average molecular weight is 956 g/mol. The number of hydrogen-bond acceptors (Lipinski definition) is 6. The highest BCUT2D eigenvalue weighted by Crippen LogP contribution is 2.14. The Morgan fingerprint density at radius 2 is 0.623 bits per heavy atom. The zero-order valence-corrected chi connectivity index (χ0v) is 44.5. The summed E-state index contributed by atoms with van der Waals surface area (Å²) in [4.78, 5) is 38.1. The van der Waals surface area contributed by atoms with Crippen LogP contribution in [0.15, 0.2) is 122 Å². The third-order valence-corrected chi connectivity index (χ3v) is 11.5. The van der Waals surface area contributed by atoms with E-state index in [2.05, 4.69) is 142 Å². The number of allylic oxidation sites excluding steroid dienone is 20. The van der Waals surface area contributed by atoms with Gasteiger partial charge in [-0.25, -0.2) is 0 Å². The lowest BCUT2D eigenvalue weighted by Crippen LogP contribution is -2.30. The van der Waals surface area contributed by atoms with Crippen molar-refractivity contribution in [2.45, 2.75) is 245 Å². The zero-order chi connectivity index (χ0) is 50.0. The minimum Gasteiger partial charge on any atom is -0.462 e. The third kappa shape index (κ3) is 54.6. The number of rotatable bonds is 49. The monoisotopic (exact) mass is 955 g/mol. The molecule has 1 unspecified atom stereocenters. The summed E-state index contributed by atoms with van der Waals surface area (Å²) in [5.74, 6) is -0.955. The maximum Gasteiger partial charge on any atom is 0.306 e. The molecule has 0 rings (SSSR count). The predicted octanol–water partition coefficient (Wildman–Crippen LogP) is 18.9. The molecule has 0 heterocycles. The van der Waals surface area contributed by atoms with Crippen molar-refractivity contribution in [2.24, 2.45) is 0 Å². The highest BCUT2D eigenvalue weighted by atomic mass is 16.6. The fraction of sp³-hybridized carbons (Fsp3) is 0.635. The summed E-state index contributed by atoms with van der Waals surface area (Å²) in [6.45, 7) is 6.33. The molecule has 0 radical (unpaired) electrons. The second kappa shape index (κ2) is 56.4. The Kier molecular flexibility index (Phi) is 53.0. The molecule has 0 aliphatic carbocycles. The van der Waals surface area contributed by atoms with E-state index in [1.165, 1.54) is 64.2 Å². The SMILES string of the molecule is CC/C=C\C/C=C\C/C=C\CCCCCCCCCCCC(=O)OCC(COC(=O)CCCCCC/C=C\C/C=C\C/C=C\CC)OC(=O)CCCCCCC\C=C/C=C\C=C/C=C\CCCCC. The molecule has 6 nitrogen and oxygen atoms in total. The van der Waals surface area contributed by atoms with Crippen molar-refractivity contribution in [2.75, 3.05) is 13.2 Å². The Labute approximate surface area is 424 Å². The van der Waals surface area contributed by atoms with Crippen LogP contribution in [0.5, 0.6) is 0 Å². The van der Waals surface area contributed by atoms with Gasteiger partial charge in [0.15, 0.2) is 6.10 Å². The highest BCUT2D eigenvalue weighted by molar-refractivity contribution is 5.71. The molecule has 0 N–H and O–H groups in total. The molecule has 0 aliphatic heterocycles.